The molecule has 0 fully saturated rings. The Morgan fingerprint density at radius 2 is 1.53 bits per heavy atom. The van der Waals surface area contributed by atoms with Crippen LogP contribution in [0, 0.1) is 20.8 Å². The first-order valence-electron chi connectivity index (χ1n) is 11.3. The predicted octanol–water partition coefficient (Wildman–Crippen LogP) is 6.41. The van der Waals surface area contributed by atoms with Crippen molar-refractivity contribution in [1.29, 1.82) is 0 Å². The summed E-state index contributed by atoms with van der Waals surface area (Å²) in [7, 11) is -4.14. The van der Waals surface area contributed by atoms with Gasteiger partial charge in [0.05, 0.1) is 10.6 Å². The first kappa shape index (κ1) is 25.8. The van der Waals surface area contributed by atoms with Crippen LogP contribution in [-0.4, -0.2) is 20.9 Å². The smallest absolute Gasteiger partial charge is 0.278 e. The molecule has 3 rings (SSSR count). The summed E-state index contributed by atoms with van der Waals surface area (Å²) in [6.07, 6.45) is 3.00. The largest absolute Gasteiger partial charge is 0.484 e. The number of sulfonamides is 1. The van der Waals surface area contributed by atoms with Crippen molar-refractivity contribution in [2.24, 2.45) is 0 Å². The van der Waals surface area contributed by atoms with Gasteiger partial charge in [0.25, 0.3) is 15.9 Å². The number of hydrogen-bond donors (Lipinski definition) is 0. The van der Waals surface area contributed by atoms with Gasteiger partial charge >= 0.3 is 0 Å². The van der Waals surface area contributed by atoms with Crippen molar-refractivity contribution in [3.8, 4) is 5.75 Å². The summed E-state index contributed by atoms with van der Waals surface area (Å²) < 4.78 is 33.6. The van der Waals surface area contributed by atoms with E-state index in [2.05, 4.69) is 6.92 Å². The molecule has 0 heterocycles. The van der Waals surface area contributed by atoms with E-state index in [0.717, 1.165) is 45.8 Å². The van der Waals surface area contributed by atoms with Crippen LogP contribution in [-0.2, 0) is 21.2 Å². The highest BCUT2D eigenvalue weighted by atomic mass is 35.5. The minimum absolute atomic E-state index is 0.0414. The van der Waals surface area contributed by atoms with Crippen LogP contribution < -0.4 is 9.04 Å². The Labute approximate surface area is 207 Å². The monoisotopic (exact) mass is 499 g/mol. The SMILES string of the molecule is CCCCc1ccc(N(C(=O)COc2cc(C)c(Cl)c(C)c2)S(=O)(=O)c2ccc(C)cc2)cc1. The van der Waals surface area contributed by atoms with Gasteiger partial charge in [-0.15, -0.1) is 0 Å². The number of anilines is 1. The van der Waals surface area contributed by atoms with Crippen molar-refractivity contribution in [2.45, 2.75) is 51.9 Å². The second kappa shape index (κ2) is 11.1. The molecule has 0 saturated carbocycles. The zero-order chi connectivity index (χ0) is 24.9. The van der Waals surface area contributed by atoms with E-state index < -0.39 is 22.5 Å². The lowest BCUT2D eigenvalue weighted by Crippen LogP contribution is -2.40. The van der Waals surface area contributed by atoms with E-state index in [1.165, 1.54) is 12.1 Å². The lowest BCUT2D eigenvalue weighted by atomic mass is 10.1. The van der Waals surface area contributed by atoms with Gasteiger partial charge in [0.1, 0.15) is 5.75 Å². The third-order valence-corrected chi connectivity index (χ3v) is 7.91. The molecule has 0 aliphatic heterocycles. The van der Waals surface area contributed by atoms with Crippen molar-refractivity contribution in [3.05, 3.63) is 87.9 Å². The van der Waals surface area contributed by atoms with Gasteiger partial charge < -0.3 is 4.74 Å². The summed E-state index contributed by atoms with van der Waals surface area (Å²) in [6, 6.07) is 17.0. The molecule has 0 unspecified atom stereocenters. The van der Waals surface area contributed by atoms with Crippen molar-refractivity contribution < 1.29 is 17.9 Å². The van der Waals surface area contributed by atoms with Crippen LogP contribution in [0.2, 0.25) is 5.02 Å². The lowest BCUT2D eigenvalue weighted by Gasteiger charge is -2.23. The maximum Gasteiger partial charge on any atom is 0.278 e. The number of carbonyl (C=O) groups is 1. The first-order valence-corrected chi connectivity index (χ1v) is 13.1. The molecule has 0 bridgehead atoms. The number of carbonyl (C=O) groups excluding carboxylic acids is 1. The van der Waals surface area contributed by atoms with E-state index in [-0.39, 0.29) is 10.6 Å². The number of nitrogens with zero attached hydrogens (tertiary/aromatic N) is 1. The number of ether oxygens (including phenoxy) is 1. The number of hydrogen-bond acceptors (Lipinski definition) is 4. The highest BCUT2D eigenvalue weighted by Gasteiger charge is 2.31. The van der Waals surface area contributed by atoms with Gasteiger partial charge in [-0.3, -0.25) is 4.79 Å². The molecule has 0 atom stereocenters. The number of benzene rings is 3. The highest BCUT2D eigenvalue weighted by molar-refractivity contribution is 7.93. The molecule has 0 aliphatic carbocycles. The van der Waals surface area contributed by atoms with Gasteiger partial charge in [0, 0.05) is 5.02 Å². The molecule has 34 heavy (non-hydrogen) atoms. The summed E-state index contributed by atoms with van der Waals surface area (Å²) in [5, 5.41) is 0.630. The van der Waals surface area contributed by atoms with Crippen LogP contribution in [0.15, 0.2) is 65.6 Å². The maximum absolute atomic E-state index is 13.5. The number of halogens is 1. The first-order chi connectivity index (χ1) is 16.1. The Kier molecular flexibility index (Phi) is 8.39. The minimum Gasteiger partial charge on any atom is -0.484 e. The third-order valence-electron chi connectivity index (χ3n) is 5.55. The highest BCUT2D eigenvalue weighted by Crippen LogP contribution is 2.28. The third kappa shape index (κ3) is 5.99. The molecule has 180 valence electrons. The molecule has 1 amide bonds. The van der Waals surface area contributed by atoms with Crippen LogP contribution in [0.5, 0.6) is 5.75 Å². The van der Waals surface area contributed by atoms with Crippen LogP contribution in [0.3, 0.4) is 0 Å². The lowest BCUT2D eigenvalue weighted by molar-refractivity contribution is -0.119. The van der Waals surface area contributed by atoms with Gasteiger partial charge in [0.15, 0.2) is 6.61 Å². The molecular weight excluding hydrogens is 470 g/mol. The maximum atomic E-state index is 13.5. The van der Waals surface area contributed by atoms with E-state index in [9.17, 15) is 13.2 Å². The zero-order valence-corrected chi connectivity index (χ0v) is 21.5. The quantitative estimate of drug-likeness (QED) is 0.341. The van der Waals surface area contributed by atoms with E-state index in [1.807, 2.05) is 32.9 Å². The topological polar surface area (TPSA) is 63.7 Å². The Morgan fingerprint density at radius 3 is 2.09 bits per heavy atom. The molecule has 3 aromatic rings. The Bertz CT molecular complexity index is 1230. The van der Waals surface area contributed by atoms with Gasteiger partial charge in [0.2, 0.25) is 0 Å². The summed E-state index contributed by atoms with van der Waals surface area (Å²) in [6.45, 7) is 7.24. The Morgan fingerprint density at radius 1 is 0.941 bits per heavy atom. The summed E-state index contributed by atoms with van der Waals surface area (Å²) in [5.41, 5.74) is 3.92. The van der Waals surface area contributed by atoms with Crippen LogP contribution in [0.25, 0.3) is 0 Å². The van der Waals surface area contributed by atoms with Crippen molar-refractivity contribution >= 4 is 33.2 Å². The van der Waals surface area contributed by atoms with Gasteiger partial charge in [-0.25, -0.2) is 8.42 Å². The van der Waals surface area contributed by atoms with Gasteiger partial charge in [-0.05, 0) is 86.7 Å². The molecule has 7 heteroatoms. The number of rotatable bonds is 9. The van der Waals surface area contributed by atoms with Crippen LogP contribution >= 0.6 is 11.6 Å². The average molecular weight is 500 g/mol. The molecule has 0 N–H and O–H groups in total. The fourth-order valence-corrected chi connectivity index (χ4v) is 5.12. The van der Waals surface area contributed by atoms with E-state index >= 15 is 0 Å². The van der Waals surface area contributed by atoms with Crippen molar-refractivity contribution in [3.63, 3.8) is 0 Å². The summed E-state index contributed by atoms with van der Waals surface area (Å²) in [5.74, 6) is -0.234. The fraction of sp³-hybridized carbons (Fsp3) is 0.296. The van der Waals surface area contributed by atoms with Crippen molar-refractivity contribution in [1.82, 2.24) is 0 Å². The molecule has 0 aromatic heterocycles. The van der Waals surface area contributed by atoms with Crippen molar-refractivity contribution in [2.75, 3.05) is 10.9 Å². The molecule has 0 spiro atoms. The van der Waals surface area contributed by atoms with Crippen LogP contribution in [0.1, 0.15) is 42.0 Å². The Balaban J connectivity index is 1.94. The zero-order valence-electron chi connectivity index (χ0n) is 20.0. The normalized spacial score (nSPS) is 11.3. The predicted molar refractivity (Wildman–Crippen MR) is 137 cm³/mol. The number of aryl methyl sites for hydroxylation is 4. The molecule has 0 saturated heterocycles. The average Bonchev–Trinajstić information content (AvgIpc) is 2.81. The molecule has 5 nitrogen and oxygen atoms in total. The van der Waals surface area contributed by atoms with E-state index in [0.29, 0.717) is 10.8 Å². The van der Waals surface area contributed by atoms with Crippen LogP contribution in [0.4, 0.5) is 5.69 Å². The van der Waals surface area contributed by atoms with Gasteiger partial charge in [-0.2, -0.15) is 4.31 Å². The molecule has 0 aliphatic rings. The van der Waals surface area contributed by atoms with E-state index in [4.69, 9.17) is 16.3 Å². The molecule has 3 aromatic carbocycles. The van der Waals surface area contributed by atoms with E-state index in [1.54, 1.807) is 36.4 Å². The van der Waals surface area contributed by atoms with Gasteiger partial charge in [-0.1, -0.05) is 54.8 Å². The second-order valence-electron chi connectivity index (χ2n) is 8.41. The number of unbranched alkanes of at least 4 members (excludes halogenated alkanes) is 1. The minimum atomic E-state index is -4.14. The molecule has 0 radical (unpaired) electrons. The standard InChI is InChI=1S/C27H30ClNO4S/c1-5-6-7-22-10-12-23(13-11-22)29(34(31,32)25-14-8-19(2)9-15-25)26(30)18-33-24-16-20(3)27(28)21(4)17-24/h8-17H,5-7,18H2,1-4H3. The second-order valence-corrected chi connectivity index (χ2v) is 10.6. The summed E-state index contributed by atoms with van der Waals surface area (Å²) in [4.78, 5) is 13.3. The summed E-state index contributed by atoms with van der Waals surface area (Å²) >= 11 is 6.22. The molecular formula is C27H30ClNO4S. The number of amides is 1. The Hall–Kier alpha value is -2.83. The fourth-order valence-electron chi connectivity index (χ4n) is 3.60.